The predicted molar refractivity (Wildman–Crippen MR) is 69.4 cm³/mol. The van der Waals surface area contributed by atoms with Gasteiger partial charge >= 0.3 is 0 Å². The van der Waals surface area contributed by atoms with E-state index in [-0.39, 0.29) is 5.82 Å². The predicted octanol–water partition coefficient (Wildman–Crippen LogP) is 2.96. The molecule has 2 nitrogen and oxygen atoms in total. The number of anilines is 2. The first-order valence-electron chi connectivity index (χ1n) is 5.62. The van der Waals surface area contributed by atoms with Crippen LogP contribution in [0.2, 0.25) is 0 Å². The maximum absolute atomic E-state index is 13.1. The van der Waals surface area contributed by atoms with E-state index in [0.29, 0.717) is 11.6 Å². The Labute approximate surface area is 99.8 Å². The van der Waals surface area contributed by atoms with Gasteiger partial charge in [-0.05, 0) is 48.5 Å². The fraction of sp³-hybridized carbons (Fsp3) is 0.500. The van der Waals surface area contributed by atoms with E-state index in [9.17, 15) is 4.39 Å². The Morgan fingerprint density at radius 3 is 2.75 bits per heavy atom. The van der Waals surface area contributed by atoms with Crippen LogP contribution < -0.4 is 11.1 Å². The Morgan fingerprint density at radius 2 is 2.06 bits per heavy atom. The molecular formula is C12H17FN2S. The molecule has 0 aromatic heterocycles. The molecule has 1 fully saturated rings. The van der Waals surface area contributed by atoms with Crippen LogP contribution >= 0.6 is 11.8 Å². The van der Waals surface area contributed by atoms with Gasteiger partial charge in [0.2, 0.25) is 0 Å². The molecule has 0 amide bonds. The van der Waals surface area contributed by atoms with Gasteiger partial charge in [0.25, 0.3) is 0 Å². The van der Waals surface area contributed by atoms with Crippen LogP contribution in [0.25, 0.3) is 0 Å². The molecule has 3 N–H and O–H groups in total. The van der Waals surface area contributed by atoms with Gasteiger partial charge in [-0.3, -0.25) is 0 Å². The SMILES string of the molecule is Nc1cc(F)cc(NCC2CCSCC2)c1. The standard InChI is InChI=1S/C12H17FN2S/c13-10-5-11(14)7-12(6-10)15-8-9-1-3-16-4-2-9/h5-7,9,15H,1-4,8,14H2. The van der Waals surface area contributed by atoms with E-state index in [2.05, 4.69) is 5.32 Å². The maximum atomic E-state index is 13.1. The van der Waals surface area contributed by atoms with E-state index in [0.717, 1.165) is 12.2 Å². The van der Waals surface area contributed by atoms with Crippen molar-refractivity contribution in [3.8, 4) is 0 Å². The molecule has 1 heterocycles. The zero-order valence-corrected chi connectivity index (χ0v) is 10.0. The van der Waals surface area contributed by atoms with Gasteiger partial charge in [-0.1, -0.05) is 0 Å². The van der Waals surface area contributed by atoms with E-state index in [4.69, 9.17) is 5.73 Å². The van der Waals surface area contributed by atoms with E-state index < -0.39 is 0 Å². The molecule has 0 radical (unpaired) electrons. The van der Waals surface area contributed by atoms with E-state index in [1.165, 1.54) is 36.5 Å². The lowest BCUT2D eigenvalue weighted by Gasteiger charge is -2.22. The zero-order valence-electron chi connectivity index (χ0n) is 9.21. The molecule has 0 bridgehead atoms. The highest BCUT2D eigenvalue weighted by atomic mass is 32.2. The van der Waals surface area contributed by atoms with Gasteiger partial charge in [0.05, 0.1) is 0 Å². The van der Waals surface area contributed by atoms with Gasteiger partial charge in [0.1, 0.15) is 5.82 Å². The van der Waals surface area contributed by atoms with E-state index >= 15 is 0 Å². The smallest absolute Gasteiger partial charge is 0.127 e. The third-order valence-corrected chi connectivity index (χ3v) is 3.90. The number of hydrogen-bond donors (Lipinski definition) is 2. The molecular weight excluding hydrogens is 223 g/mol. The Hall–Kier alpha value is -0.900. The van der Waals surface area contributed by atoms with Gasteiger partial charge in [0, 0.05) is 17.9 Å². The van der Waals surface area contributed by atoms with Crippen molar-refractivity contribution in [2.45, 2.75) is 12.8 Å². The molecule has 16 heavy (non-hydrogen) atoms. The summed E-state index contributed by atoms with van der Waals surface area (Å²) in [4.78, 5) is 0. The fourth-order valence-corrected chi connectivity index (χ4v) is 3.13. The Morgan fingerprint density at radius 1 is 1.31 bits per heavy atom. The minimum Gasteiger partial charge on any atom is -0.399 e. The van der Waals surface area contributed by atoms with Crippen LogP contribution in [-0.2, 0) is 0 Å². The number of benzene rings is 1. The molecule has 0 unspecified atom stereocenters. The van der Waals surface area contributed by atoms with Crippen LogP contribution in [0.5, 0.6) is 0 Å². The number of nitrogens with one attached hydrogen (secondary N) is 1. The van der Waals surface area contributed by atoms with Gasteiger partial charge in [0.15, 0.2) is 0 Å². The number of rotatable bonds is 3. The summed E-state index contributed by atoms with van der Waals surface area (Å²) in [5, 5.41) is 3.27. The highest BCUT2D eigenvalue weighted by Crippen LogP contribution is 2.23. The summed E-state index contributed by atoms with van der Waals surface area (Å²) in [6.07, 6.45) is 2.50. The second kappa shape index (κ2) is 5.43. The molecule has 4 heteroatoms. The summed E-state index contributed by atoms with van der Waals surface area (Å²) in [5.74, 6) is 2.93. The molecule has 1 aromatic rings. The third kappa shape index (κ3) is 3.30. The average molecular weight is 240 g/mol. The summed E-state index contributed by atoms with van der Waals surface area (Å²) >= 11 is 2.02. The number of nitrogen functional groups attached to an aromatic ring is 1. The molecule has 0 spiro atoms. The molecule has 1 aliphatic rings. The van der Waals surface area contributed by atoms with Gasteiger partial charge in [-0.2, -0.15) is 11.8 Å². The van der Waals surface area contributed by atoms with E-state index in [1.54, 1.807) is 6.07 Å². The molecule has 88 valence electrons. The van der Waals surface area contributed by atoms with Gasteiger partial charge in [-0.25, -0.2) is 4.39 Å². The lowest BCUT2D eigenvalue weighted by molar-refractivity contribution is 0.516. The monoisotopic (exact) mass is 240 g/mol. The number of thioether (sulfide) groups is 1. The van der Waals surface area contributed by atoms with Crippen molar-refractivity contribution in [1.82, 2.24) is 0 Å². The second-order valence-electron chi connectivity index (χ2n) is 4.21. The van der Waals surface area contributed by atoms with Crippen LogP contribution in [-0.4, -0.2) is 18.1 Å². The van der Waals surface area contributed by atoms with Crippen LogP contribution in [0.3, 0.4) is 0 Å². The quantitative estimate of drug-likeness (QED) is 0.798. The topological polar surface area (TPSA) is 38.0 Å². The van der Waals surface area contributed by atoms with Crippen LogP contribution in [0, 0.1) is 11.7 Å². The summed E-state index contributed by atoms with van der Waals surface area (Å²) in [7, 11) is 0. The summed E-state index contributed by atoms with van der Waals surface area (Å²) in [6, 6.07) is 4.61. The normalized spacial score (nSPS) is 17.3. The Bertz CT molecular complexity index is 331. The summed E-state index contributed by atoms with van der Waals surface area (Å²) in [5.41, 5.74) is 6.85. The van der Waals surface area contributed by atoms with E-state index in [1.807, 2.05) is 11.8 Å². The first kappa shape index (κ1) is 11.6. The minimum atomic E-state index is -0.276. The van der Waals surface area contributed by atoms with Crippen molar-refractivity contribution in [2.24, 2.45) is 5.92 Å². The van der Waals surface area contributed by atoms with Crippen molar-refractivity contribution in [3.63, 3.8) is 0 Å². The summed E-state index contributed by atoms with van der Waals surface area (Å²) in [6.45, 7) is 0.920. The largest absolute Gasteiger partial charge is 0.399 e. The molecule has 0 atom stereocenters. The first-order chi connectivity index (χ1) is 7.74. The van der Waals surface area contributed by atoms with Crippen molar-refractivity contribution in [2.75, 3.05) is 29.1 Å². The number of hydrogen-bond acceptors (Lipinski definition) is 3. The van der Waals surface area contributed by atoms with Crippen LogP contribution in [0.1, 0.15) is 12.8 Å². The fourth-order valence-electron chi connectivity index (χ4n) is 1.93. The minimum absolute atomic E-state index is 0.276. The van der Waals surface area contributed by atoms with Crippen molar-refractivity contribution in [1.29, 1.82) is 0 Å². The van der Waals surface area contributed by atoms with Gasteiger partial charge in [-0.15, -0.1) is 0 Å². The molecule has 1 aliphatic heterocycles. The zero-order chi connectivity index (χ0) is 11.4. The maximum Gasteiger partial charge on any atom is 0.127 e. The molecule has 0 aliphatic carbocycles. The number of halogens is 1. The highest BCUT2D eigenvalue weighted by Gasteiger charge is 2.13. The van der Waals surface area contributed by atoms with Crippen molar-refractivity contribution in [3.05, 3.63) is 24.0 Å². The van der Waals surface area contributed by atoms with Gasteiger partial charge < -0.3 is 11.1 Å². The molecule has 2 rings (SSSR count). The lowest BCUT2D eigenvalue weighted by atomic mass is 10.0. The lowest BCUT2D eigenvalue weighted by Crippen LogP contribution is -2.19. The molecule has 1 aromatic carbocycles. The Kier molecular flexibility index (Phi) is 3.93. The summed E-state index contributed by atoms with van der Waals surface area (Å²) < 4.78 is 13.1. The average Bonchev–Trinajstić information content (AvgIpc) is 2.27. The Balaban J connectivity index is 1.88. The first-order valence-corrected chi connectivity index (χ1v) is 6.77. The second-order valence-corrected chi connectivity index (χ2v) is 5.43. The molecule has 1 saturated heterocycles. The van der Waals surface area contributed by atoms with Crippen LogP contribution in [0.4, 0.5) is 15.8 Å². The van der Waals surface area contributed by atoms with Crippen LogP contribution in [0.15, 0.2) is 18.2 Å². The van der Waals surface area contributed by atoms with Crippen molar-refractivity contribution < 1.29 is 4.39 Å². The third-order valence-electron chi connectivity index (χ3n) is 2.86. The highest BCUT2D eigenvalue weighted by molar-refractivity contribution is 7.99. The molecule has 0 saturated carbocycles. The van der Waals surface area contributed by atoms with Crippen molar-refractivity contribution >= 4 is 23.1 Å². The number of nitrogens with two attached hydrogens (primary N) is 1.